The molecule has 0 saturated carbocycles. The van der Waals surface area contributed by atoms with Gasteiger partial charge in [0.15, 0.2) is 0 Å². The molecule has 0 amide bonds. The number of rotatable bonds is 3. The van der Waals surface area contributed by atoms with Gasteiger partial charge in [0, 0.05) is 12.1 Å². The molecule has 1 aromatic carbocycles. The number of benzene rings is 1. The van der Waals surface area contributed by atoms with E-state index in [1.165, 1.54) is 5.56 Å². The van der Waals surface area contributed by atoms with Crippen LogP contribution in [0.5, 0.6) is 0 Å². The Kier molecular flexibility index (Phi) is 3.69. The molecule has 0 bridgehead atoms. The Bertz CT molecular complexity index is 327. The summed E-state index contributed by atoms with van der Waals surface area (Å²) in [5, 5.41) is 0. The number of amidine groups is 1. The Morgan fingerprint density at radius 1 is 1.36 bits per heavy atom. The van der Waals surface area contributed by atoms with Crippen LogP contribution in [0.15, 0.2) is 29.3 Å². The smallest absolute Gasteiger partial charge is 0.125 e. The molecular weight excluding hydrogens is 172 g/mol. The van der Waals surface area contributed by atoms with Crippen LogP contribution in [0.3, 0.4) is 0 Å². The third kappa shape index (κ3) is 2.87. The molecule has 1 rings (SSSR count). The highest BCUT2D eigenvalue weighted by Crippen LogP contribution is 2.06. The van der Waals surface area contributed by atoms with E-state index in [0.717, 1.165) is 12.1 Å². The fourth-order valence-electron chi connectivity index (χ4n) is 1.23. The quantitative estimate of drug-likeness (QED) is 0.576. The topological polar surface area (TPSA) is 38.4 Å². The zero-order chi connectivity index (χ0) is 10.6. The second-order valence-corrected chi connectivity index (χ2v) is 3.93. The summed E-state index contributed by atoms with van der Waals surface area (Å²) in [5.74, 6) is 1.20. The summed E-state index contributed by atoms with van der Waals surface area (Å²) in [4.78, 5) is 4.35. The van der Waals surface area contributed by atoms with Crippen molar-refractivity contribution in [3.8, 4) is 0 Å². The predicted molar refractivity (Wildman–Crippen MR) is 61.6 cm³/mol. The zero-order valence-corrected chi connectivity index (χ0v) is 9.12. The van der Waals surface area contributed by atoms with Gasteiger partial charge in [0.05, 0.1) is 0 Å². The highest BCUT2D eigenvalue weighted by atomic mass is 14.8. The van der Waals surface area contributed by atoms with Gasteiger partial charge in [0.2, 0.25) is 0 Å². The van der Waals surface area contributed by atoms with Gasteiger partial charge in [-0.15, -0.1) is 0 Å². The molecule has 0 aliphatic heterocycles. The highest BCUT2D eigenvalue weighted by Gasteiger charge is 2.01. The van der Waals surface area contributed by atoms with Gasteiger partial charge in [0.1, 0.15) is 5.84 Å². The Hall–Kier alpha value is -1.31. The highest BCUT2D eigenvalue weighted by molar-refractivity contribution is 5.98. The average Bonchev–Trinajstić information content (AvgIpc) is 2.15. The summed E-state index contributed by atoms with van der Waals surface area (Å²) in [7, 11) is 0. The molecule has 14 heavy (non-hydrogen) atoms. The van der Waals surface area contributed by atoms with E-state index >= 15 is 0 Å². The van der Waals surface area contributed by atoms with Gasteiger partial charge in [0.25, 0.3) is 0 Å². The number of hydrogen-bond donors (Lipinski definition) is 1. The van der Waals surface area contributed by atoms with E-state index in [1.54, 1.807) is 0 Å². The van der Waals surface area contributed by atoms with Gasteiger partial charge in [-0.25, -0.2) is 0 Å². The van der Waals surface area contributed by atoms with Crippen LogP contribution in [0.25, 0.3) is 0 Å². The molecule has 0 aliphatic rings. The van der Waals surface area contributed by atoms with E-state index in [0.29, 0.717) is 11.8 Å². The lowest BCUT2D eigenvalue weighted by molar-refractivity contribution is 0.665. The Balaban J connectivity index is 2.84. The largest absolute Gasteiger partial charge is 0.383 e. The third-order valence-electron chi connectivity index (χ3n) is 2.05. The molecule has 0 fully saturated rings. The third-order valence-corrected chi connectivity index (χ3v) is 2.05. The first kappa shape index (κ1) is 10.8. The molecule has 2 N–H and O–H groups in total. The number of nitrogens with zero attached hydrogens (tertiary/aromatic N) is 1. The van der Waals surface area contributed by atoms with Crippen molar-refractivity contribution < 1.29 is 0 Å². The van der Waals surface area contributed by atoms with E-state index in [2.05, 4.69) is 18.8 Å². The second-order valence-electron chi connectivity index (χ2n) is 3.93. The van der Waals surface area contributed by atoms with Crippen LogP contribution in [0, 0.1) is 12.8 Å². The summed E-state index contributed by atoms with van der Waals surface area (Å²) in [5.41, 5.74) is 8.12. The number of hydrogen-bond acceptors (Lipinski definition) is 1. The van der Waals surface area contributed by atoms with Crippen molar-refractivity contribution >= 4 is 5.84 Å². The lowest BCUT2D eigenvalue weighted by atomic mass is 10.1. The van der Waals surface area contributed by atoms with Crippen molar-refractivity contribution in [1.29, 1.82) is 0 Å². The van der Waals surface area contributed by atoms with Crippen LogP contribution in [-0.2, 0) is 0 Å². The fourth-order valence-corrected chi connectivity index (χ4v) is 1.23. The maximum Gasteiger partial charge on any atom is 0.125 e. The van der Waals surface area contributed by atoms with E-state index in [9.17, 15) is 0 Å². The summed E-state index contributed by atoms with van der Waals surface area (Å²) < 4.78 is 0. The van der Waals surface area contributed by atoms with Gasteiger partial charge in [-0.1, -0.05) is 38.1 Å². The van der Waals surface area contributed by atoms with Gasteiger partial charge in [-0.3, -0.25) is 4.99 Å². The molecule has 0 aromatic heterocycles. The predicted octanol–water partition coefficient (Wildman–Crippen LogP) is 2.36. The standard InChI is InChI=1S/C12H18N2/c1-9(2)8-14-12(13)11-7-5-4-6-10(11)3/h4-7,9H,8H2,1-3H3,(H2,13,14). The van der Waals surface area contributed by atoms with Gasteiger partial charge < -0.3 is 5.73 Å². The Morgan fingerprint density at radius 2 is 2.00 bits per heavy atom. The lowest BCUT2D eigenvalue weighted by Gasteiger charge is -2.05. The minimum Gasteiger partial charge on any atom is -0.383 e. The van der Waals surface area contributed by atoms with Gasteiger partial charge in [-0.2, -0.15) is 0 Å². The average molecular weight is 190 g/mol. The second kappa shape index (κ2) is 4.80. The van der Waals surface area contributed by atoms with Gasteiger partial charge >= 0.3 is 0 Å². The monoisotopic (exact) mass is 190 g/mol. The van der Waals surface area contributed by atoms with Crippen LogP contribution in [-0.4, -0.2) is 12.4 Å². The van der Waals surface area contributed by atoms with Crippen molar-refractivity contribution in [2.45, 2.75) is 20.8 Å². The fraction of sp³-hybridized carbons (Fsp3) is 0.417. The molecule has 76 valence electrons. The van der Waals surface area contributed by atoms with E-state index < -0.39 is 0 Å². The van der Waals surface area contributed by atoms with Crippen molar-refractivity contribution in [2.24, 2.45) is 16.6 Å². The van der Waals surface area contributed by atoms with E-state index in [4.69, 9.17) is 5.73 Å². The molecule has 2 heteroatoms. The molecule has 1 aromatic rings. The summed E-state index contributed by atoms with van der Waals surface area (Å²) in [6.07, 6.45) is 0. The van der Waals surface area contributed by atoms with E-state index in [-0.39, 0.29) is 0 Å². The zero-order valence-electron chi connectivity index (χ0n) is 9.12. The lowest BCUT2D eigenvalue weighted by Crippen LogP contribution is -2.16. The van der Waals surface area contributed by atoms with Crippen LogP contribution >= 0.6 is 0 Å². The minimum atomic E-state index is 0.553. The summed E-state index contributed by atoms with van der Waals surface area (Å²) >= 11 is 0. The molecular formula is C12H18N2. The number of aryl methyl sites for hydroxylation is 1. The molecule has 0 unspecified atom stereocenters. The van der Waals surface area contributed by atoms with Crippen LogP contribution < -0.4 is 5.73 Å². The molecule has 0 atom stereocenters. The van der Waals surface area contributed by atoms with Crippen molar-refractivity contribution in [3.63, 3.8) is 0 Å². The first-order valence-corrected chi connectivity index (χ1v) is 4.97. The molecule has 0 heterocycles. The number of aliphatic imine (C=N–C) groups is 1. The maximum absolute atomic E-state index is 5.89. The van der Waals surface area contributed by atoms with Crippen molar-refractivity contribution in [1.82, 2.24) is 0 Å². The first-order valence-electron chi connectivity index (χ1n) is 4.97. The molecule has 2 nitrogen and oxygen atoms in total. The van der Waals surface area contributed by atoms with Crippen molar-refractivity contribution in [3.05, 3.63) is 35.4 Å². The Labute approximate surface area is 85.9 Å². The SMILES string of the molecule is Cc1ccccc1C(N)=NCC(C)C. The van der Waals surface area contributed by atoms with Crippen LogP contribution in [0.4, 0.5) is 0 Å². The van der Waals surface area contributed by atoms with Gasteiger partial charge in [-0.05, 0) is 18.4 Å². The maximum atomic E-state index is 5.89. The Morgan fingerprint density at radius 3 is 2.57 bits per heavy atom. The first-order chi connectivity index (χ1) is 6.61. The molecule has 0 saturated heterocycles. The summed E-state index contributed by atoms with van der Waals surface area (Å²) in [6.45, 7) is 7.11. The van der Waals surface area contributed by atoms with Crippen LogP contribution in [0.2, 0.25) is 0 Å². The number of nitrogens with two attached hydrogens (primary N) is 1. The summed E-state index contributed by atoms with van der Waals surface area (Å²) in [6, 6.07) is 8.05. The molecule has 0 radical (unpaired) electrons. The molecule has 0 spiro atoms. The minimum absolute atomic E-state index is 0.553. The molecule has 0 aliphatic carbocycles. The van der Waals surface area contributed by atoms with Crippen LogP contribution in [0.1, 0.15) is 25.0 Å². The van der Waals surface area contributed by atoms with E-state index in [1.807, 2.05) is 31.2 Å². The normalized spacial score (nSPS) is 12.1. The van der Waals surface area contributed by atoms with Crippen molar-refractivity contribution in [2.75, 3.05) is 6.54 Å².